The fourth-order valence-corrected chi connectivity index (χ4v) is 2.02. The maximum Gasteiger partial charge on any atom is 0.0499 e. The molecule has 9 heavy (non-hydrogen) atoms. The normalized spacial score (nSPS) is 23.3. The fraction of sp³-hybridized carbons (Fsp3) is 1.00. The van der Waals surface area contributed by atoms with Crippen molar-refractivity contribution in [3.05, 3.63) is 0 Å². The van der Waals surface area contributed by atoms with E-state index in [1.807, 2.05) is 0 Å². The van der Waals surface area contributed by atoms with E-state index in [0.717, 1.165) is 6.54 Å². The predicted octanol–water partition coefficient (Wildman–Crippen LogP) is 1.09. The fourth-order valence-electron chi connectivity index (χ4n) is 1.21. The van der Waals surface area contributed by atoms with Crippen LogP contribution in [0.15, 0.2) is 0 Å². The summed E-state index contributed by atoms with van der Waals surface area (Å²) in [7, 11) is 0. The predicted molar refractivity (Wildman–Crippen MR) is 45.4 cm³/mol. The summed E-state index contributed by atoms with van der Waals surface area (Å²) >= 11 is 2.13. The quantitative estimate of drug-likeness (QED) is 0.572. The lowest BCUT2D eigenvalue weighted by Gasteiger charge is -2.39. The van der Waals surface area contributed by atoms with Crippen LogP contribution in [-0.2, 0) is 0 Å². The number of halogens is 1. The van der Waals surface area contributed by atoms with Crippen molar-refractivity contribution >= 4 is 22.9 Å². The molecular formula is C6H12INO. The topological polar surface area (TPSA) is 32.3 Å². The van der Waals surface area contributed by atoms with E-state index < -0.39 is 0 Å². The average molecular weight is 241 g/mol. The summed E-state index contributed by atoms with van der Waals surface area (Å²) in [6.07, 6.45) is 3.68. The van der Waals surface area contributed by atoms with Crippen molar-refractivity contribution < 1.29 is 5.11 Å². The molecule has 0 radical (unpaired) electrons. The Balaban J connectivity index is 2.28. The smallest absolute Gasteiger partial charge is 0.0499 e. The number of hydrogen-bond donors (Lipinski definition) is 2. The minimum Gasteiger partial charge on any atom is -0.396 e. The molecule has 1 aliphatic rings. The first-order valence-electron chi connectivity index (χ1n) is 3.27. The second kappa shape index (κ2) is 3.16. The monoisotopic (exact) mass is 241 g/mol. The van der Waals surface area contributed by atoms with Crippen molar-refractivity contribution in [1.29, 1.82) is 0 Å². The highest BCUT2D eigenvalue weighted by atomic mass is 127. The number of hydrogen-bond acceptors (Lipinski definition) is 2. The molecule has 0 amide bonds. The maximum atomic E-state index is 8.92. The number of rotatable bonds is 3. The van der Waals surface area contributed by atoms with Gasteiger partial charge in [0.05, 0.1) is 0 Å². The lowest BCUT2D eigenvalue weighted by atomic mass is 9.69. The minimum absolute atomic E-state index is 0.251. The van der Waals surface area contributed by atoms with Crippen LogP contribution in [0.2, 0.25) is 0 Å². The highest BCUT2D eigenvalue weighted by molar-refractivity contribution is 14.1. The molecule has 1 saturated carbocycles. The molecule has 0 unspecified atom stereocenters. The molecule has 0 aliphatic heterocycles. The Labute approximate surface area is 69.5 Å². The number of aliphatic hydroxyl groups is 1. The van der Waals surface area contributed by atoms with E-state index >= 15 is 0 Å². The van der Waals surface area contributed by atoms with Crippen LogP contribution in [-0.4, -0.2) is 18.3 Å². The molecule has 54 valence electrons. The van der Waals surface area contributed by atoms with Crippen LogP contribution >= 0.6 is 22.9 Å². The van der Waals surface area contributed by atoms with E-state index in [1.54, 1.807) is 0 Å². The third-order valence-electron chi connectivity index (χ3n) is 2.19. The first kappa shape index (κ1) is 7.75. The van der Waals surface area contributed by atoms with Crippen LogP contribution in [0, 0.1) is 5.41 Å². The Morgan fingerprint density at radius 2 is 2.22 bits per heavy atom. The van der Waals surface area contributed by atoms with Crippen LogP contribution in [0.3, 0.4) is 0 Å². The summed E-state index contributed by atoms with van der Waals surface area (Å²) in [5.74, 6) is 0. The summed E-state index contributed by atoms with van der Waals surface area (Å²) in [4.78, 5) is 0. The number of nitrogens with one attached hydrogen (secondary N) is 1. The van der Waals surface area contributed by atoms with Crippen LogP contribution < -0.4 is 3.53 Å². The molecule has 0 saturated heterocycles. The van der Waals surface area contributed by atoms with Crippen molar-refractivity contribution in [3.63, 3.8) is 0 Å². The van der Waals surface area contributed by atoms with E-state index in [9.17, 15) is 0 Å². The number of aliphatic hydroxyl groups excluding tert-OH is 1. The van der Waals surface area contributed by atoms with Crippen LogP contribution in [0.4, 0.5) is 0 Å². The van der Waals surface area contributed by atoms with E-state index in [4.69, 9.17) is 5.11 Å². The Hall–Kier alpha value is 0.650. The molecule has 0 spiro atoms. The molecule has 2 N–H and O–H groups in total. The lowest BCUT2D eigenvalue weighted by molar-refractivity contribution is 0.0515. The molecule has 1 aliphatic carbocycles. The van der Waals surface area contributed by atoms with E-state index in [-0.39, 0.29) is 5.41 Å². The zero-order chi connectivity index (χ0) is 6.74. The molecular weight excluding hydrogens is 229 g/mol. The van der Waals surface area contributed by atoms with Gasteiger partial charge in [-0.05, 0) is 12.8 Å². The van der Waals surface area contributed by atoms with E-state index in [2.05, 4.69) is 26.4 Å². The van der Waals surface area contributed by atoms with Crippen LogP contribution in [0.1, 0.15) is 19.3 Å². The SMILES string of the molecule is OCC1(CNI)CCC1. The van der Waals surface area contributed by atoms with Gasteiger partial charge in [-0.3, -0.25) is 3.53 Å². The third kappa shape index (κ3) is 1.56. The lowest BCUT2D eigenvalue weighted by Crippen LogP contribution is -2.40. The zero-order valence-corrected chi connectivity index (χ0v) is 7.52. The molecule has 0 heterocycles. The van der Waals surface area contributed by atoms with Gasteiger partial charge in [-0.25, -0.2) is 0 Å². The van der Waals surface area contributed by atoms with Gasteiger partial charge in [0, 0.05) is 41.4 Å². The van der Waals surface area contributed by atoms with Crippen molar-refractivity contribution in [2.75, 3.05) is 13.2 Å². The van der Waals surface area contributed by atoms with Gasteiger partial charge in [-0.15, -0.1) is 0 Å². The van der Waals surface area contributed by atoms with Gasteiger partial charge in [0.25, 0.3) is 0 Å². The molecule has 0 aromatic rings. The van der Waals surface area contributed by atoms with Gasteiger partial charge < -0.3 is 5.11 Å². The first-order valence-corrected chi connectivity index (χ1v) is 4.35. The second-order valence-electron chi connectivity index (χ2n) is 2.82. The summed E-state index contributed by atoms with van der Waals surface area (Å²) in [5.41, 5.74) is 0.251. The Bertz CT molecular complexity index is 87.5. The molecule has 1 fully saturated rings. The third-order valence-corrected chi connectivity index (χ3v) is 2.57. The molecule has 0 atom stereocenters. The molecule has 0 bridgehead atoms. The highest BCUT2D eigenvalue weighted by Crippen LogP contribution is 2.39. The van der Waals surface area contributed by atoms with Gasteiger partial charge in [-0.1, -0.05) is 6.42 Å². The zero-order valence-electron chi connectivity index (χ0n) is 5.36. The first-order chi connectivity index (χ1) is 4.33. The van der Waals surface area contributed by atoms with Crippen molar-refractivity contribution in [2.24, 2.45) is 5.41 Å². The molecule has 2 nitrogen and oxygen atoms in total. The Kier molecular flexibility index (Phi) is 2.73. The largest absolute Gasteiger partial charge is 0.396 e. The summed E-state index contributed by atoms with van der Waals surface area (Å²) < 4.78 is 3.07. The minimum atomic E-state index is 0.251. The Morgan fingerprint density at radius 1 is 1.56 bits per heavy atom. The van der Waals surface area contributed by atoms with Crippen molar-refractivity contribution in [1.82, 2.24) is 3.53 Å². The van der Waals surface area contributed by atoms with Crippen molar-refractivity contribution in [2.45, 2.75) is 19.3 Å². The summed E-state index contributed by atoms with van der Waals surface area (Å²) in [5, 5.41) is 8.92. The summed E-state index contributed by atoms with van der Waals surface area (Å²) in [6.45, 7) is 1.31. The van der Waals surface area contributed by atoms with Gasteiger partial charge in [0.2, 0.25) is 0 Å². The van der Waals surface area contributed by atoms with Crippen LogP contribution in [0.25, 0.3) is 0 Å². The van der Waals surface area contributed by atoms with Gasteiger partial charge >= 0.3 is 0 Å². The maximum absolute atomic E-state index is 8.92. The molecule has 0 aromatic carbocycles. The Morgan fingerprint density at radius 3 is 2.33 bits per heavy atom. The summed E-state index contributed by atoms with van der Waals surface area (Å²) in [6, 6.07) is 0. The van der Waals surface area contributed by atoms with Crippen LogP contribution in [0.5, 0.6) is 0 Å². The van der Waals surface area contributed by atoms with Gasteiger partial charge in [0.15, 0.2) is 0 Å². The van der Waals surface area contributed by atoms with Gasteiger partial charge in [-0.2, -0.15) is 0 Å². The van der Waals surface area contributed by atoms with E-state index in [1.165, 1.54) is 19.3 Å². The van der Waals surface area contributed by atoms with Gasteiger partial charge in [0.1, 0.15) is 0 Å². The molecule has 0 aromatic heterocycles. The van der Waals surface area contributed by atoms with E-state index in [0.29, 0.717) is 6.61 Å². The average Bonchev–Trinajstić information content (AvgIpc) is 1.79. The molecule has 1 rings (SSSR count). The molecule has 3 heteroatoms. The standard InChI is InChI=1S/C6H12INO/c7-8-4-6(5-9)2-1-3-6/h8-9H,1-5H2. The highest BCUT2D eigenvalue weighted by Gasteiger charge is 2.35. The van der Waals surface area contributed by atoms with Crippen molar-refractivity contribution in [3.8, 4) is 0 Å². The second-order valence-corrected chi connectivity index (χ2v) is 3.58.